The number of rotatable bonds is 7. The summed E-state index contributed by atoms with van der Waals surface area (Å²) in [6.45, 7) is 2.78. The number of thiophene rings is 1. The molecule has 12 heteroatoms. The van der Waals surface area contributed by atoms with Crippen molar-refractivity contribution < 1.29 is 22.7 Å². The Kier molecular flexibility index (Phi) is 6.44. The molecule has 4 rings (SSSR count). The number of hydrogen-bond donors (Lipinski definition) is 2. The van der Waals surface area contributed by atoms with E-state index in [1.807, 2.05) is 6.92 Å². The van der Waals surface area contributed by atoms with E-state index in [4.69, 9.17) is 9.47 Å². The molecule has 0 bridgehead atoms. The number of sulfonamides is 1. The van der Waals surface area contributed by atoms with Crippen LogP contribution in [-0.2, 0) is 21.2 Å². The number of benzene rings is 1. The van der Waals surface area contributed by atoms with Crippen LogP contribution in [-0.4, -0.2) is 43.7 Å². The Morgan fingerprint density at radius 1 is 1.22 bits per heavy atom. The average molecular weight is 479 g/mol. The number of aryl methyl sites for hydroxylation is 1. The minimum absolute atomic E-state index is 0.0113. The molecule has 170 valence electrons. The highest BCUT2D eigenvalue weighted by molar-refractivity contribution is 7.89. The van der Waals surface area contributed by atoms with Gasteiger partial charge in [0.05, 0.1) is 23.5 Å². The fourth-order valence-corrected chi connectivity index (χ4v) is 5.08. The molecule has 0 radical (unpaired) electrons. The molecule has 0 spiro atoms. The molecule has 0 saturated carbocycles. The van der Waals surface area contributed by atoms with Crippen molar-refractivity contribution in [1.82, 2.24) is 14.4 Å². The van der Waals surface area contributed by atoms with E-state index in [1.54, 1.807) is 12.1 Å². The third-order valence-corrected chi connectivity index (χ3v) is 7.42. The highest BCUT2D eigenvalue weighted by Gasteiger charge is 2.19. The molecule has 1 aromatic carbocycles. The van der Waals surface area contributed by atoms with Gasteiger partial charge in [-0.3, -0.25) is 15.0 Å². The smallest absolute Gasteiger partial charge is 0.280 e. The molecule has 0 aliphatic carbocycles. The van der Waals surface area contributed by atoms with E-state index in [2.05, 4.69) is 15.1 Å². The molecule has 3 aromatic rings. The second-order valence-electron chi connectivity index (χ2n) is 7.05. The highest BCUT2D eigenvalue weighted by atomic mass is 32.2. The van der Waals surface area contributed by atoms with Gasteiger partial charge in [-0.15, -0.1) is 11.3 Å². The predicted octanol–water partition coefficient (Wildman–Crippen LogP) is 1.62. The van der Waals surface area contributed by atoms with Gasteiger partial charge in [0.15, 0.2) is 11.5 Å². The first kappa shape index (κ1) is 22.2. The second-order valence-corrected chi connectivity index (χ2v) is 9.93. The van der Waals surface area contributed by atoms with Crippen LogP contribution < -0.4 is 25.2 Å². The Bertz CT molecular complexity index is 1320. The number of fused-ring (bicyclic) bond motifs is 2. The number of amides is 1. The van der Waals surface area contributed by atoms with Gasteiger partial charge in [0, 0.05) is 30.3 Å². The van der Waals surface area contributed by atoms with Crippen molar-refractivity contribution in [3.05, 3.63) is 45.8 Å². The molecule has 0 atom stereocenters. The first-order valence-electron chi connectivity index (χ1n) is 10.1. The summed E-state index contributed by atoms with van der Waals surface area (Å²) in [6.07, 6.45) is 2.58. The van der Waals surface area contributed by atoms with Gasteiger partial charge in [-0.25, -0.2) is 22.8 Å². The lowest BCUT2D eigenvalue weighted by molar-refractivity contribution is -0.117. The predicted molar refractivity (Wildman–Crippen MR) is 119 cm³/mol. The minimum atomic E-state index is -3.86. The van der Waals surface area contributed by atoms with E-state index >= 15 is 0 Å². The first-order chi connectivity index (χ1) is 15.4. The van der Waals surface area contributed by atoms with Crippen LogP contribution in [0.15, 0.2) is 40.3 Å². The molecule has 1 aliphatic heterocycles. The Morgan fingerprint density at radius 3 is 2.78 bits per heavy atom. The second kappa shape index (κ2) is 9.27. The monoisotopic (exact) mass is 478 g/mol. The maximum Gasteiger partial charge on any atom is 0.280 e. The van der Waals surface area contributed by atoms with E-state index in [-0.39, 0.29) is 23.4 Å². The van der Waals surface area contributed by atoms with Gasteiger partial charge in [-0.2, -0.15) is 0 Å². The zero-order valence-corrected chi connectivity index (χ0v) is 18.9. The van der Waals surface area contributed by atoms with Gasteiger partial charge in [0.1, 0.15) is 11.2 Å². The Morgan fingerprint density at radius 2 is 2.00 bits per heavy atom. The molecule has 2 aromatic heterocycles. The Balaban J connectivity index is 1.37. The molecule has 1 aliphatic rings. The zero-order valence-electron chi connectivity index (χ0n) is 17.3. The molecule has 3 heterocycles. The maximum absolute atomic E-state index is 12.6. The van der Waals surface area contributed by atoms with Crippen LogP contribution >= 0.6 is 11.3 Å². The lowest BCUT2D eigenvalue weighted by Crippen LogP contribution is -2.35. The summed E-state index contributed by atoms with van der Waals surface area (Å²) < 4.78 is 39.6. The van der Waals surface area contributed by atoms with Crippen molar-refractivity contribution in [2.24, 2.45) is 0 Å². The number of carbonyl (C=O) groups excluding carboxylic acids is 1. The van der Waals surface area contributed by atoms with Crippen LogP contribution in [0.3, 0.4) is 0 Å². The van der Waals surface area contributed by atoms with Crippen molar-refractivity contribution in [3.63, 3.8) is 0 Å². The van der Waals surface area contributed by atoms with E-state index < -0.39 is 15.9 Å². The lowest BCUT2D eigenvalue weighted by Gasteiger charge is -2.11. The van der Waals surface area contributed by atoms with Crippen LogP contribution in [0.4, 0.5) is 0 Å². The minimum Gasteiger partial charge on any atom is -0.490 e. The van der Waals surface area contributed by atoms with Crippen molar-refractivity contribution in [2.45, 2.75) is 31.1 Å². The number of ether oxygens (including phenoxy) is 2. The van der Waals surface area contributed by atoms with Gasteiger partial charge < -0.3 is 9.47 Å². The fourth-order valence-electron chi connectivity index (χ4n) is 3.11. The number of hydrogen-bond acceptors (Lipinski definition) is 8. The van der Waals surface area contributed by atoms with Gasteiger partial charge in [-0.05, 0) is 24.6 Å². The van der Waals surface area contributed by atoms with E-state index in [1.165, 1.54) is 29.8 Å². The number of aromatic nitrogens is 2. The third kappa shape index (κ3) is 4.76. The van der Waals surface area contributed by atoms with Crippen molar-refractivity contribution >= 4 is 37.5 Å². The van der Waals surface area contributed by atoms with Gasteiger partial charge >= 0.3 is 0 Å². The molecule has 32 heavy (non-hydrogen) atoms. The summed E-state index contributed by atoms with van der Waals surface area (Å²) >= 11 is 1.43. The standard InChI is InChI=1S/C20H22N4O6S2/c1-2-13-10-15-19(31-13)21-12-24(20(15)26)23-18(25)6-7-22-32(27,28)14-4-5-16-17(11-14)30-9-3-8-29-16/h4-5,10-12,22H,2-3,6-9H2,1H3,(H,23,25). The van der Waals surface area contributed by atoms with Crippen LogP contribution in [0.5, 0.6) is 11.5 Å². The Labute approximate surface area is 188 Å². The van der Waals surface area contributed by atoms with Crippen molar-refractivity contribution in [2.75, 3.05) is 25.2 Å². The summed E-state index contributed by atoms with van der Waals surface area (Å²) in [6, 6.07) is 6.13. The van der Waals surface area contributed by atoms with Crippen molar-refractivity contribution in [3.8, 4) is 11.5 Å². The average Bonchev–Trinajstić information content (AvgIpc) is 3.06. The van der Waals surface area contributed by atoms with Gasteiger partial charge in [0.2, 0.25) is 15.9 Å². The molecule has 0 saturated heterocycles. The highest BCUT2D eigenvalue weighted by Crippen LogP contribution is 2.31. The normalized spacial score (nSPS) is 13.7. The molecular weight excluding hydrogens is 456 g/mol. The van der Waals surface area contributed by atoms with E-state index in [0.29, 0.717) is 41.4 Å². The van der Waals surface area contributed by atoms with Gasteiger partial charge in [0.25, 0.3) is 5.56 Å². The molecular formula is C20H22N4O6S2. The SMILES string of the molecule is CCc1cc2c(=O)n(NC(=O)CCNS(=O)(=O)c3ccc4c(c3)OCCCO4)cnc2s1. The zero-order chi connectivity index (χ0) is 22.7. The molecule has 10 nitrogen and oxygen atoms in total. The van der Waals surface area contributed by atoms with Gasteiger partial charge in [-0.1, -0.05) is 6.92 Å². The molecule has 1 amide bonds. The molecule has 0 unspecified atom stereocenters. The third-order valence-electron chi connectivity index (χ3n) is 4.77. The fraction of sp³-hybridized carbons (Fsp3) is 0.350. The quantitative estimate of drug-likeness (QED) is 0.528. The van der Waals surface area contributed by atoms with E-state index in [9.17, 15) is 18.0 Å². The van der Waals surface area contributed by atoms with Crippen LogP contribution in [0, 0.1) is 0 Å². The lowest BCUT2D eigenvalue weighted by atomic mass is 10.3. The number of nitrogens with zero attached hydrogens (tertiary/aromatic N) is 2. The summed E-state index contributed by atoms with van der Waals surface area (Å²) in [5.41, 5.74) is 2.06. The molecule has 0 fully saturated rings. The van der Waals surface area contributed by atoms with E-state index in [0.717, 1.165) is 16.0 Å². The number of nitrogens with one attached hydrogen (secondary N) is 2. The summed E-state index contributed by atoms with van der Waals surface area (Å²) in [4.78, 5) is 30.6. The van der Waals surface area contributed by atoms with Crippen LogP contribution in [0.1, 0.15) is 24.6 Å². The summed E-state index contributed by atoms with van der Waals surface area (Å²) in [5.74, 6) is 0.333. The largest absolute Gasteiger partial charge is 0.490 e. The first-order valence-corrected chi connectivity index (χ1v) is 12.4. The summed E-state index contributed by atoms with van der Waals surface area (Å²) in [5, 5.41) is 0.435. The molecule has 2 N–H and O–H groups in total. The van der Waals surface area contributed by atoms with Crippen LogP contribution in [0.2, 0.25) is 0 Å². The Hall–Kier alpha value is -2.96. The maximum atomic E-state index is 12.6. The summed E-state index contributed by atoms with van der Waals surface area (Å²) in [7, 11) is -3.86. The van der Waals surface area contributed by atoms with Crippen molar-refractivity contribution in [1.29, 1.82) is 0 Å². The number of carbonyl (C=O) groups is 1. The topological polar surface area (TPSA) is 129 Å². The van der Waals surface area contributed by atoms with Crippen LogP contribution in [0.25, 0.3) is 10.2 Å².